The molecular weight excluding hydrogens is 392 g/mol. The van der Waals surface area contributed by atoms with Gasteiger partial charge >= 0.3 is 11.9 Å². The summed E-state index contributed by atoms with van der Waals surface area (Å²) in [5, 5.41) is 0. The molecule has 0 N–H and O–H groups in total. The van der Waals surface area contributed by atoms with E-state index in [1.807, 2.05) is 6.92 Å². The van der Waals surface area contributed by atoms with E-state index in [0.717, 1.165) is 50.5 Å². The van der Waals surface area contributed by atoms with E-state index >= 15 is 0 Å². The minimum absolute atomic E-state index is 0.0148. The third-order valence-corrected chi connectivity index (χ3v) is 9.59. The van der Waals surface area contributed by atoms with Crippen LogP contribution >= 0.6 is 0 Å². The molecule has 0 saturated heterocycles. The number of hydrogen-bond donors (Lipinski definition) is 0. The fourth-order valence-corrected chi connectivity index (χ4v) is 8.38. The van der Waals surface area contributed by atoms with E-state index in [0.29, 0.717) is 35.9 Å². The van der Waals surface area contributed by atoms with Crippen LogP contribution in [0.2, 0.25) is 0 Å². The molecule has 0 spiro atoms. The number of carbonyl (C=O) groups excluding carboxylic acids is 3. The van der Waals surface area contributed by atoms with Gasteiger partial charge in [0.05, 0.1) is 6.26 Å². The van der Waals surface area contributed by atoms with Crippen LogP contribution in [0, 0.1) is 40.4 Å². The first-order valence-corrected chi connectivity index (χ1v) is 12.1. The predicted octanol–water partition coefficient (Wildman–Crippen LogP) is 5.22. The second kappa shape index (κ2) is 8.04. The van der Waals surface area contributed by atoms with Crippen LogP contribution in [0.3, 0.4) is 0 Å². The normalized spacial score (nSPS) is 44.7. The number of ketones is 1. The lowest BCUT2D eigenvalue weighted by molar-refractivity contribution is -0.168. The van der Waals surface area contributed by atoms with Crippen molar-refractivity contribution in [3.63, 3.8) is 0 Å². The Morgan fingerprint density at radius 2 is 1.71 bits per heavy atom. The second-order valence-electron chi connectivity index (χ2n) is 11.3. The van der Waals surface area contributed by atoms with E-state index < -0.39 is 0 Å². The van der Waals surface area contributed by atoms with E-state index in [-0.39, 0.29) is 34.8 Å². The monoisotopic (exact) mass is 430 g/mol. The molecule has 5 heteroatoms. The van der Waals surface area contributed by atoms with Gasteiger partial charge in [0.2, 0.25) is 0 Å². The summed E-state index contributed by atoms with van der Waals surface area (Å²) in [7, 11) is 0. The van der Waals surface area contributed by atoms with Crippen molar-refractivity contribution in [3.8, 4) is 0 Å². The van der Waals surface area contributed by atoms with Gasteiger partial charge in [-0.25, -0.2) is 0 Å². The molecule has 0 bridgehead atoms. The standard InChI is InChI=1S/C26H38O5/c1-15(14-30-16(2)27)21-8-9-22-20-7-6-18-12-19(31-17(3)28)10-11-25(18,4)24(20)23(29)13-26(21,22)5/h14,18-22,24H,6-13H2,1-5H3/b15-14+/t18-,19-,20-,21+,22-,24+,25-,26+/m0/s1. The van der Waals surface area contributed by atoms with Crippen LogP contribution in [-0.4, -0.2) is 23.8 Å². The lowest BCUT2D eigenvalue weighted by atomic mass is 9.44. The van der Waals surface area contributed by atoms with Crippen LogP contribution in [0.4, 0.5) is 0 Å². The fourth-order valence-electron chi connectivity index (χ4n) is 8.38. The van der Waals surface area contributed by atoms with Crippen LogP contribution in [0.15, 0.2) is 11.8 Å². The van der Waals surface area contributed by atoms with Gasteiger partial charge in [-0.05, 0) is 91.9 Å². The Morgan fingerprint density at radius 1 is 0.968 bits per heavy atom. The lowest BCUT2D eigenvalue weighted by Gasteiger charge is -2.60. The number of allylic oxidation sites excluding steroid dienone is 1. The van der Waals surface area contributed by atoms with Gasteiger partial charge in [0.25, 0.3) is 0 Å². The van der Waals surface area contributed by atoms with Crippen molar-refractivity contribution in [2.45, 2.75) is 92.1 Å². The maximum Gasteiger partial charge on any atom is 0.307 e. The number of esters is 2. The van der Waals surface area contributed by atoms with E-state index in [1.54, 1.807) is 6.26 Å². The third-order valence-electron chi connectivity index (χ3n) is 9.59. The molecule has 4 rings (SSSR count). The zero-order chi connectivity index (χ0) is 22.6. The Bertz CT molecular complexity index is 800. The largest absolute Gasteiger partial charge is 0.463 e. The van der Waals surface area contributed by atoms with Crippen molar-refractivity contribution in [1.29, 1.82) is 0 Å². The average molecular weight is 431 g/mol. The van der Waals surface area contributed by atoms with Gasteiger partial charge in [-0.3, -0.25) is 14.4 Å². The van der Waals surface area contributed by atoms with Crippen molar-refractivity contribution in [3.05, 3.63) is 11.8 Å². The smallest absolute Gasteiger partial charge is 0.307 e. The summed E-state index contributed by atoms with van der Waals surface area (Å²) < 4.78 is 10.7. The zero-order valence-corrected chi connectivity index (χ0v) is 19.7. The van der Waals surface area contributed by atoms with Gasteiger partial charge in [0.1, 0.15) is 11.9 Å². The fraction of sp³-hybridized carbons (Fsp3) is 0.808. The number of Topliss-reactive ketones (excluding diaryl/α,β-unsaturated/α-hetero) is 1. The SMILES string of the molecule is CC(=O)O/C=C(\C)[C@H]1CC[C@H]2[C@@H]3CC[C@H]4C[C@@H](OC(C)=O)CC[C@]4(C)[C@H]3C(=O)C[C@]12C. The number of carbonyl (C=O) groups is 3. The number of rotatable bonds is 3. The molecule has 4 saturated carbocycles. The Hall–Kier alpha value is -1.65. The first-order valence-electron chi connectivity index (χ1n) is 12.1. The molecule has 0 aromatic carbocycles. The van der Waals surface area contributed by atoms with E-state index in [9.17, 15) is 14.4 Å². The molecule has 172 valence electrons. The molecule has 4 aliphatic carbocycles. The molecule has 4 fully saturated rings. The number of ether oxygens (including phenoxy) is 2. The van der Waals surface area contributed by atoms with Crippen molar-refractivity contribution in [2.75, 3.05) is 0 Å². The summed E-state index contributed by atoms with van der Waals surface area (Å²) in [5.74, 6) is 1.84. The highest BCUT2D eigenvalue weighted by molar-refractivity contribution is 5.84. The van der Waals surface area contributed by atoms with Gasteiger partial charge in [0.15, 0.2) is 0 Å². The molecule has 0 aromatic heterocycles. The summed E-state index contributed by atoms with van der Waals surface area (Å²) in [6.07, 6.45) is 9.45. The topological polar surface area (TPSA) is 69.7 Å². The van der Waals surface area contributed by atoms with Crippen LogP contribution in [-0.2, 0) is 23.9 Å². The van der Waals surface area contributed by atoms with Crippen LogP contribution in [0.5, 0.6) is 0 Å². The highest BCUT2D eigenvalue weighted by atomic mass is 16.5. The molecule has 0 aromatic rings. The summed E-state index contributed by atoms with van der Waals surface area (Å²) in [5.41, 5.74) is 1.07. The van der Waals surface area contributed by atoms with Crippen LogP contribution in [0.25, 0.3) is 0 Å². The summed E-state index contributed by atoms with van der Waals surface area (Å²) in [6.45, 7) is 9.61. The Labute approximate surface area is 186 Å². The minimum Gasteiger partial charge on any atom is -0.463 e. The van der Waals surface area contributed by atoms with Crippen molar-refractivity contribution >= 4 is 17.7 Å². The Balaban J connectivity index is 1.56. The molecule has 5 nitrogen and oxygen atoms in total. The predicted molar refractivity (Wildman–Crippen MR) is 117 cm³/mol. The first-order chi connectivity index (χ1) is 14.6. The van der Waals surface area contributed by atoms with Crippen molar-refractivity contribution in [2.24, 2.45) is 40.4 Å². The molecule has 0 amide bonds. The molecule has 0 unspecified atom stereocenters. The van der Waals surface area contributed by atoms with Crippen molar-refractivity contribution < 1.29 is 23.9 Å². The Kier molecular flexibility index (Phi) is 5.85. The number of fused-ring (bicyclic) bond motifs is 5. The average Bonchev–Trinajstić information content (AvgIpc) is 3.02. The van der Waals surface area contributed by atoms with Crippen LogP contribution < -0.4 is 0 Å². The minimum atomic E-state index is -0.297. The third kappa shape index (κ3) is 3.76. The molecule has 0 radical (unpaired) electrons. The lowest BCUT2D eigenvalue weighted by Crippen LogP contribution is -2.57. The molecule has 8 atom stereocenters. The van der Waals surface area contributed by atoms with Gasteiger partial charge in [-0.2, -0.15) is 0 Å². The van der Waals surface area contributed by atoms with Gasteiger partial charge in [-0.1, -0.05) is 13.8 Å². The van der Waals surface area contributed by atoms with Crippen LogP contribution in [0.1, 0.15) is 86.0 Å². The summed E-state index contributed by atoms with van der Waals surface area (Å²) >= 11 is 0. The Morgan fingerprint density at radius 3 is 2.39 bits per heavy atom. The van der Waals surface area contributed by atoms with E-state index in [1.165, 1.54) is 13.8 Å². The quantitative estimate of drug-likeness (QED) is 0.453. The molecule has 0 heterocycles. The molecule has 31 heavy (non-hydrogen) atoms. The molecule has 4 aliphatic rings. The second-order valence-corrected chi connectivity index (χ2v) is 11.3. The van der Waals surface area contributed by atoms with Gasteiger partial charge in [0, 0.05) is 26.2 Å². The van der Waals surface area contributed by atoms with Crippen molar-refractivity contribution in [1.82, 2.24) is 0 Å². The molecular formula is C26H38O5. The van der Waals surface area contributed by atoms with E-state index in [4.69, 9.17) is 9.47 Å². The van der Waals surface area contributed by atoms with Gasteiger partial charge in [-0.15, -0.1) is 0 Å². The number of hydrogen-bond acceptors (Lipinski definition) is 5. The highest BCUT2D eigenvalue weighted by Crippen LogP contribution is 2.67. The zero-order valence-electron chi connectivity index (χ0n) is 19.7. The van der Waals surface area contributed by atoms with Gasteiger partial charge < -0.3 is 9.47 Å². The summed E-state index contributed by atoms with van der Waals surface area (Å²) in [6, 6.07) is 0. The highest BCUT2D eigenvalue weighted by Gasteiger charge is 2.63. The van der Waals surface area contributed by atoms with E-state index in [2.05, 4.69) is 13.8 Å². The summed E-state index contributed by atoms with van der Waals surface area (Å²) in [4.78, 5) is 36.5. The maximum absolute atomic E-state index is 13.7. The molecule has 0 aliphatic heterocycles. The maximum atomic E-state index is 13.7. The first kappa shape index (κ1) is 22.5.